The van der Waals surface area contributed by atoms with Crippen molar-refractivity contribution in [3.63, 3.8) is 0 Å². The average molecular weight is 326 g/mol. The van der Waals surface area contributed by atoms with E-state index in [1.54, 1.807) is 32.9 Å². The number of ether oxygens (including phenoxy) is 1. The largest absolute Gasteiger partial charge is 0.444 e. The fourth-order valence-electron chi connectivity index (χ4n) is 1.93. The van der Waals surface area contributed by atoms with Crippen LogP contribution < -0.4 is 5.32 Å². The second kappa shape index (κ2) is 7.04. The van der Waals surface area contributed by atoms with Crippen molar-refractivity contribution in [3.05, 3.63) is 59.9 Å². The maximum absolute atomic E-state index is 12.3. The summed E-state index contributed by atoms with van der Waals surface area (Å²) >= 11 is 0. The number of aromatic nitrogens is 1. The third-order valence-corrected chi connectivity index (χ3v) is 2.92. The van der Waals surface area contributed by atoms with Crippen molar-refractivity contribution in [3.8, 4) is 0 Å². The highest BCUT2D eigenvalue weighted by molar-refractivity contribution is 6.49. The summed E-state index contributed by atoms with van der Waals surface area (Å²) in [5.41, 5.74) is 0.193. The molecule has 6 heteroatoms. The topological polar surface area (TPSA) is 85.4 Å². The molecule has 2 aromatic rings. The molecular formula is C18H18N2O4. The van der Waals surface area contributed by atoms with E-state index >= 15 is 0 Å². The first-order valence-electron chi connectivity index (χ1n) is 7.35. The minimum absolute atomic E-state index is 0.186. The van der Waals surface area contributed by atoms with Gasteiger partial charge in [-0.3, -0.25) is 19.9 Å². The SMILES string of the molecule is CC(C)(C)OC(=O)Nc1cccc(C(=O)C(=O)c2ccncc2)c1. The van der Waals surface area contributed by atoms with E-state index in [0.717, 1.165) is 0 Å². The van der Waals surface area contributed by atoms with Crippen molar-refractivity contribution >= 4 is 23.3 Å². The van der Waals surface area contributed by atoms with Gasteiger partial charge in [0.2, 0.25) is 11.6 Å². The summed E-state index contributed by atoms with van der Waals surface area (Å²) in [5, 5.41) is 2.54. The molecule has 124 valence electrons. The first kappa shape index (κ1) is 17.3. The summed E-state index contributed by atoms with van der Waals surface area (Å²) in [4.78, 5) is 40.1. The molecule has 0 aliphatic carbocycles. The third kappa shape index (κ3) is 4.74. The minimum Gasteiger partial charge on any atom is -0.444 e. The quantitative estimate of drug-likeness (QED) is 0.686. The van der Waals surface area contributed by atoms with E-state index in [-0.39, 0.29) is 11.1 Å². The lowest BCUT2D eigenvalue weighted by Crippen LogP contribution is -2.27. The molecule has 0 radical (unpaired) electrons. The standard InChI is InChI=1S/C18H18N2O4/c1-18(2,3)24-17(23)20-14-6-4-5-13(11-14)16(22)15(21)12-7-9-19-10-8-12/h4-11H,1-3H3,(H,20,23). The molecule has 2 rings (SSSR count). The average Bonchev–Trinajstić information content (AvgIpc) is 2.52. The predicted octanol–water partition coefficient (Wildman–Crippen LogP) is 3.49. The summed E-state index contributed by atoms with van der Waals surface area (Å²) in [6, 6.07) is 9.09. The zero-order chi connectivity index (χ0) is 17.7. The van der Waals surface area contributed by atoms with E-state index in [1.807, 2.05) is 0 Å². The van der Waals surface area contributed by atoms with Gasteiger partial charge >= 0.3 is 6.09 Å². The van der Waals surface area contributed by atoms with E-state index in [2.05, 4.69) is 10.3 Å². The molecular weight excluding hydrogens is 308 g/mol. The Morgan fingerprint density at radius 1 is 0.958 bits per heavy atom. The van der Waals surface area contributed by atoms with Crippen LogP contribution >= 0.6 is 0 Å². The molecule has 1 amide bonds. The molecule has 6 nitrogen and oxygen atoms in total. The monoisotopic (exact) mass is 326 g/mol. The van der Waals surface area contributed by atoms with E-state index < -0.39 is 23.3 Å². The Morgan fingerprint density at radius 3 is 2.21 bits per heavy atom. The van der Waals surface area contributed by atoms with Crippen LogP contribution in [0.15, 0.2) is 48.8 Å². The second-order valence-electron chi connectivity index (χ2n) is 6.10. The Balaban J connectivity index is 2.14. The summed E-state index contributed by atoms with van der Waals surface area (Å²) in [7, 11) is 0. The number of nitrogens with zero attached hydrogens (tertiary/aromatic N) is 1. The maximum Gasteiger partial charge on any atom is 0.412 e. The van der Waals surface area contributed by atoms with Crippen molar-refractivity contribution in [1.82, 2.24) is 4.98 Å². The molecule has 0 bridgehead atoms. The molecule has 0 atom stereocenters. The van der Waals surface area contributed by atoms with Crippen molar-refractivity contribution in [2.45, 2.75) is 26.4 Å². The van der Waals surface area contributed by atoms with Gasteiger partial charge in [0.25, 0.3) is 0 Å². The fourth-order valence-corrected chi connectivity index (χ4v) is 1.93. The highest BCUT2D eigenvalue weighted by Crippen LogP contribution is 2.15. The van der Waals surface area contributed by atoms with E-state index in [0.29, 0.717) is 5.69 Å². The van der Waals surface area contributed by atoms with Crippen LogP contribution in [0.2, 0.25) is 0 Å². The summed E-state index contributed by atoms with van der Waals surface area (Å²) in [5.74, 6) is -1.29. The number of carbonyl (C=O) groups excluding carboxylic acids is 3. The molecule has 24 heavy (non-hydrogen) atoms. The molecule has 0 unspecified atom stereocenters. The molecule has 0 spiro atoms. The zero-order valence-electron chi connectivity index (χ0n) is 13.7. The lowest BCUT2D eigenvalue weighted by Gasteiger charge is -2.19. The Labute approximate surface area is 139 Å². The van der Waals surface area contributed by atoms with Gasteiger partial charge in [-0.05, 0) is 45.0 Å². The number of amides is 1. The number of carbonyl (C=O) groups is 3. The van der Waals surface area contributed by atoms with Crippen LogP contribution in [-0.2, 0) is 4.74 Å². The number of pyridine rings is 1. The molecule has 0 saturated carbocycles. The third-order valence-electron chi connectivity index (χ3n) is 2.92. The van der Waals surface area contributed by atoms with Gasteiger partial charge in [0.05, 0.1) is 0 Å². The summed E-state index contributed by atoms with van der Waals surface area (Å²) < 4.78 is 5.15. The van der Waals surface area contributed by atoms with Gasteiger partial charge in [0, 0.05) is 29.2 Å². The van der Waals surface area contributed by atoms with Gasteiger partial charge in [0.15, 0.2) is 0 Å². The highest BCUT2D eigenvalue weighted by Gasteiger charge is 2.20. The Hall–Kier alpha value is -3.02. The normalized spacial score (nSPS) is 10.8. The number of nitrogens with one attached hydrogen (secondary N) is 1. The van der Waals surface area contributed by atoms with Crippen LogP contribution in [0.5, 0.6) is 0 Å². The number of Topliss-reactive ketones (excluding diaryl/α,β-unsaturated/α-hetero) is 2. The smallest absolute Gasteiger partial charge is 0.412 e. The van der Waals surface area contributed by atoms with E-state index in [9.17, 15) is 14.4 Å². The lowest BCUT2D eigenvalue weighted by molar-refractivity contribution is 0.0635. The number of hydrogen-bond acceptors (Lipinski definition) is 5. The van der Waals surface area contributed by atoms with E-state index in [4.69, 9.17) is 4.74 Å². The number of anilines is 1. The van der Waals surface area contributed by atoms with Crippen LogP contribution in [0.3, 0.4) is 0 Å². The van der Waals surface area contributed by atoms with Crippen LogP contribution in [0.1, 0.15) is 41.5 Å². The maximum atomic E-state index is 12.3. The molecule has 0 fully saturated rings. The second-order valence-corrected chi connectivity index (χ2v) is 6.10. The number of hydrogen-bond donors (Lipinski definition) is 1. The molecule has 1 aromatic heterocycles. The first-order chi connectivity index (χ1) is 11.3. The first-order valence-corrected chi connectivity index (χ1v) is 7.35. The molecule has 0 aliphatic rings. The summed E-state index contributed by atoms with van der Waals surface area (Å²) in [6.07, 6.45) is 2.26. The molecule has 1 heterocycles. The molecule has 0 saturated heterocycles. The minimum atomic E-state index is -0.658. The number of rotatable bonds is 4. The predicted molar refractivity (Wildman–Crippen MR) is 89.2 cm³/mol. The molecule has 1 N–H and O–H groups in total. The lowest BCUT2D eigenvalue weighted by atomic mass is 10.0. The Morgan fingerprint density at radius 2 is 1.58 bits per heavy atom. The fraction of sp³-hybridized carbons (Fsp3) is 0.222. The van der Waals surface area contributed by atoms with Crippen molar-refractivity contribution < 1.29 is 19.1 Å². The van der Waals surface area contributed by atoms with Crippen LogP contribution in [-0.4, -0.2) is 28.2 Å². The van der Waals surface area contributed by atoms with Crippen molar-refractivity contribution in [2.75, 3.05) is 5.32 Å². The Kier molecular flexibility index (Phi) is 5.08. The number of benzene rings is 1. The van der Waals surface area contributed by atoms with Crippen molar-refractivity contribution in [1.29, 1.82) is 0 Å². The van der Waals surface area contributed by atoms with E-state index in [1.165, 1.54) is 36.7 Å². The van der Waals surface area contributed by atoms with Crippen molar-refractivity contribution in [2.24, 2.45) is 0 Å². The van der Waals surface area contributed by atoms with Gasteiger partial charge in [0.1, 0.15) is 5.60 Å². The van der Waals surface area contributed by atoms with Gasteiger partial charge in [-0.15, -0.1) is 0 Å². The zero-order valence-corrected chi connectivity index (χ0v) is 13.7. The van der Waals surface area contributed by atoms with Crippen LogP contribution in [0, 0.1) is 0 Å². The molecule has 0 aliphatic heterocycles. The van der Waals surface area contributed by atoms with Gasteiger partial charge in [-0.1, -0.05) is 12.1 Å². The van der Waals surface area contributed by atoms with Gasteiger partial charge in [-0.2, -0.15) is 0 Å². The number of ketones is 2. The van der Waals surface area contributed by atoms with Crippen LogP contribution in [0.4, 0.5) is 10.5 Å². The highest BCUT2D eigenvalue weighted by atomic mass is 16.6. The molecule has 1 aromatic carbocycles. The van der Waals surface area contributed by atoms with Gasteiger partial charge in [-0.25, -0.2) is 4.79 Å². The summed E-state index contributed by atoms with van der Waals surface area (Å²) in [6.45, 7) is 5.25. The Bertz CT molecular complexity index is 764. The van der Waals surface area contributed by atoms with Gasteiger partial charge < -0.3 is 4.74 Å². The van der Waals surface area contributed by atoms with Crippen LogP contribution in [0.25, 0.3) is 0 Å².